The maximum atomic E-state index is 11.7. The van der Waals surface area contributed by atoms with E-state index in [4.69, 9.17) is 5.73 Å². The van der Waals surface area contributed by atoms with Crippen molar-refractivity contribution in [2.75, 3.05) is 5.75 Å². The third-order valence-electron chi connectivity index (χ3n) is 2.83. The third-order valence-corrected chi connectivity index (χ3v) is 3.78. The molecule has 2 rings (SSSR count). The Labute approximate surface area is 127 Å². The van der Waals surface area contributed by atoms with Crippen LogP contribution >= 0.6 is 11.8 Å². The Morgan fingerprint density at radius 1 is 1.43 bits per heavy atom. The molecule has 21 heavy (non-hydrogen) atoms. The minimum atomic E-state index is -0.484. The molecule has 4 N–H and O–H groups in total. The Morgan fingerprint density at radius 3 is 2.71 bits per heavy atom. The number of nitrogens with zero attached hydrogens (tertiary/aromatic N) is 3. The van der Waals surface area contributed by atoms with E-state index in [9.17, 15) is 9.59 Å². The molecular formula is C12H20N6O2S. The van der Waals surface area contributed by atoms with E-state index in [2.05, 4.69) is 20.8 Å². The molecule has 0 radical (unpaired) electrons. The van der Waals surface area contributed by atoms with Crippen LogP contribution in [0.5, 0.6) is 0 Å². The van der Waals surface area contributed by atoms with Crippen molar-refractivity contribution < 1.29 is 9.59 Å². The summed E-state index contributed by atoms with van der Waals surface area (Å²) in [5.41, 5.74) is 5.63. The molecule has 0 atom stereocenters. The number of nitrogens with one attached hydrogen (secondary N) is 2. The van der Waals surface area contributed by atoms with E-state index in [1.807, 2.05) is 18.4 Å². The van der Waals surface area contributed by atoms with Crippen molar-refractivity contribution in [1.29, 1.82) is 0 Å². The maximum absolute atomic E-state index is 11.7. The van der Waals surface area contributed by atoms with Gasteiger partial charge in [-0.25, -0.2) is 4.79 Å². The first-order chi connectivity index (χ1) is 10.0. The van der Waals surface area contributed by atoms with E-state index >= 15 is 0 Å². The van der Waals surface area contributed by atoms with Gasteiger partial charge in [-0.15, -0.1) is 10.2 Å². The summed E-state index contributed by atoms with van der Waals surface area (Å²) in [5, 5.41) is 13.6. The summed E-state index contributed by atoms with van der Waals surface area (Å²) in [6, 6.07) is -0.106. The second-order valence-electron chi connectivity index (χ2n) is 5.17. The number of hydrogen-bond donors (Lipinski definition) is 3. The fraction of sp³-hybridized carbons (Fsp3) is 0.667. The van der Waals surface area contributed by atoms with Gasteiger partial charge in [0.25, 0.3) is 0 Å². The average Bonchev–Trinajstić information content (AvgIpc) is 3.15. The molecular weight excluding hydrogens is 292 g/mol. The Balaban J connectivity index is 1.87. The highest BCUT2D eigenvalue weighted by Crippen LogP contribution is 2.38. The summed E-state index contributed by atoms with van der Waals surface area (Å²) in [6.45, 7) is 3.98. The van der Waals surface area contributed by atoms with E-state index in [0.717, 1.165) is 18.7 Å². The second-order valence-corrected chi connectivity index (χ2v) is 6.11. The number of hydrogen-bond acceptors (Lipinski definition) is 6. The van der Waals surface area contributed by atoms with Crippen LogP contribution in [0, 0.1) is 0 Å². The van der Waals surface area contributed by atoms with Gasteiger partial charge in [-0.05, 0) is 26.7 Å². The van der Waals surface area contributed by atoms with Gasteiger partial charge in [0.2, 0.25) is 5.91 Å². The Morgan fingerprint density at radius 2 is 2.14 bits per heavy atom. The molecule has 3 amide bonds. The number of aromatic nitrogens is 3. The van der Waals surface area contributed by atoms with Crippen LogP contribution in [-0.4, -0.2) is 38.5 Å². The Bertz CT molecular complexity index is 526. The number of thioether (sulfide) groups is 1. The number of amides is 3. The van der Waals surface area contributed by atoms with Gasteiger partial charge in [-0.3, -0.25) is 10.1 Å². The van der Waals surface area contributed by atoms with Gasteiger partial charge in [0, 0.05) is 12.1 Å². The molecule has 116 valence electrons. The number of urea groups is 1. The summed E-state index contributed by atoms with van der Waals surface area (Å²) >= 11 is 1.26. The predicted molar refractivity (Wildman–Crippen MR) is 78.7 cm³/mol. The smallest absolute Gasteiger partial charge is 0.321 e. The Hall–Kier alpha value is -1.61. The van der Waals surface area contributed by atoms with Crippen LogP contribution in [-0.2, 0) is 11.3 Å². The standard InChI is InChI=1S/C12H20N6O2S/c1-7(2)14-11(20)15-10(19)6-21-12-17-16-9(5-13)18(12)8-3-4-8/h7-8H,3-6,13H2,1-2H3,(H2,14,15,19,20). The van der Waals surface area contributed by atoms with E-state index in [0.29, 0.717) is 17.7 Å². The topological polar surface area (TPSA) is 115 Å². The number of imide groups is 1. The maximum Gasteiger partial charge on any atom is 0.321 e. The fourth-order valence-electron chi connectivity index (χ4n) is 1.84. The van der Waals surface area contributed by atoms with E-state index in [-0.39, 0.29) is 17.7 Å². The Kier molecular flexibility index (Phi) is 5.18. The van der Waals surface area contributed by atoms with Crippen LogP contribution in [0.15, 0.2) is 5.16 Å². The third kappa shape index (κ3) is 4.43. The highest BCUT2D eigenvalue weighted by atomic mass is 32.2. The SMILES string of the molecule is CC(C)NC(=O)NC(=O)CSc1nnc(CN)n1C1CC1. The first-order valence-corrected chi connectivity index (χ1v) is 7.86. The number of nitrogens with two attached hydrogens (primary N) is 1. The first-order valence-electron chi connectivity index (χ1n) is 6.88. The lowest BCUT2D eigenvalue weighted by molar-refractivity contribution is -0.117. The van der Waals surface area contributed by atoms with Crippen molar-refractivity contribution >= 4 is 23.7 Å². The minimum absolute atomic E-state index is 0.0180. The highest BCUT2D eigenvalue weighted by molar-refractivity contribution is 7.99. The van der Waals surface area contributed by atoms with Gasteiger partial charge in [-0.1, -0.05) is 11.8 Å². The molecule has 1 aliphatic rings. The van der Waals surface area contributed by atoms with E-state index in [1.54, 1.807) is 0 Å². The van der Waals surface area contributed by atoms with Gasteiger partial charge in [-0.2, -0.15) is 0 Å². The first kappa shape index (κ1) is 15.8. The molecule has 1 aromatic heterocycles. The molecule has 0 aromatic carbocycles. The van der Waals surface area contributed by atoms with Crippen molar-refractivity contribution in [2.45, 2.75) is 50.5 Å². The molecule has 0 spiro atoms. The van der Waals surface area contributed by atoms with Crippen LogP contribution < -0.4 is 16.4 Å². The molecule has 1 aromatic rings. The summed E-state index contributed by atoms with van der Waals surface area (Å²) in [7, 11) is 0. The summed E-state index contributed by atoms with van der Waals surface area (Å²) < 4.78 is 1.99. The number of carbonyl (C=O) groups is 2. The van der Waals surface area contributed by atoms with Crippen LogP contribution in [0.2, 0.25) is 0 Å². The normalized spacial score (nSPS) is 14.3. The molecule has 1 fully saturated rings. The minimum Gasteiger partial charge on any atom is -0.336 e. The van der Waals surface area contributed by atoms with Crippen LogP contribution in [0.3, 0.4) is 0 Å². The monoisotopic (exact) mass is 312 g/mol. The quantitative estimate of drug-likeness (QED) is 0.655. The van der Waals surface area contributed by atoms with Gasteiger partial charge in [0.05, 0.1) is 12.3 Å². The van der Waals surface area contributed by atoms with Crippen molar-refractivity contribution in [3.8, 4) is 0 Å². The summed E-state index contributed by atoms with van der Waals surface area (Å²) in [5.74, 6) is 0.483. The lowest BCUT2D eigenvalue weighted by Crippen LogP contribution is -2.43. The zero-order chi connectivity index (χ0) is 15.4. The molecule has 0 saturated heterocycles. The lowest BCUT2D eigenvalue weighted by Gasteiger charge is -2.09. The zero-order valence-electron chi connectivity index (χ0n) is 12.1. The fourth-order valence-corrected chi connectivity index (χ4v) is 2.66. The van der Waals surface area contributed by atoms with Gasteiger partial charge in [0.1, 0.15) is 5.82 Å². The van der Waals surface area contributed by atoms with Crippen LogP contribution in [0.4, 0.5) is 4.79 Å². The second kappa shape index (κ2) is 6.90. The van der Waals surface area contributed by atoms with Crippen molar-refractivity contribution in [2.24, 2.45) is 5.73 Å². The van der Waals surface area contributed by atoms with Crippen molar-refractivity contribution in [3.05, 3.63) is 5.82 Å². The van der Waals surface area contributed by atoms with E-state index in [1.165, 1.54) is 11.8 Å². The average molecular weight is 312 g/mol. The molecule has 1 saturated carbocycles. The van der Waals surface area contributed by atoms with Crippen molar-refractivity contribution in [3.63, 3.8) is 0 Å². The molecule has 0 aliphatic heterocycles. The van der Waals surface area contributed by atoms with Crippen LogP contribution in [0.25, 0.3) is 0 Å². The highest BCUT2D eigenvalue weighted by Gasteiger charge is 2.29. The summed E-state index contributed by atoms with van der Waals surface area (Å²) in [4.78, 5) is 23.1. The van der Waals surface area contributed by atoms with Crippen molar-refractivity contribution in [1.82, 2.24) is 25.4 Å². The molecule has 9 heteroatoms. The van der Waals surface area contributed by atoms with Crippen LogP contribution in [0.1, 0.15) is 38.6 Å². The predicted octanol–water partition coefficient (Wildman–Crippen LogP) is 0.398. The van der Waals surface area contributed by atoms with Gasteiger partial charge >= 0.3 is 6.03 Å². The number of rotatable bonds is 6. The van der Waals surface area contributed by atoms with E-state index < -0.39 is 6.03 Å². The molecule has 0 bridgehead atoms. The molecule has 8 nitrogen and oxygen atoms in total. The summed E-state index contributed by atoms with van der Waals surface area (Å²) in [6.07, 6.45) is 2.17. The lowest BCUT2D eigenvalue weighted by atomic mass is 10.4. The molecule has 1 heterocycles. The number of carbonyl (C=O) groups excluding carboxylic acids is 2. The molecule has 0 unspecified atom stereocenters. The molecule has 1 aliphatic carbocycles. The largest absolute Gasteiger partial charge is 0.336 e. The van der Waals surface area contributed by atoms with Gasteiger partial charge < -0.3 is 15.6 Å². The van der Waals surface area contributed by atoms with Gasteiger partial charge in [0.15, 0.2) is 5.16 Å². The zero-order valence-corrected chi connectivity index (χ0v) is 12.9.